The number of carbonyl (C=O) groups is 1. The highest BCUT2D eigenvalue weighted by Crippen LogP contribution is 2.31. The molecular weight excluding hydrogens is 264 g/mol. The maximum absolute atomic E-state index is 12.0. The number of amides is 1. The molecule has 2 unspecified atom stereocenters. The van der Waals surface area contributed by atoms with Gasteiger partial charge in [-0.15, -0.1) is 0 Å². The SMILES string of the molecule is CC(Oc1cccc(C(C)C)c1)C(=O)NCC(N)C1CC1. The number of rotatable bonds is 7. The summed E-state index contributed by atoms with van der Waals surface area (Å²) in [5.41, 5.74) is 7.18. The molecule has 0 bridgehead atoms. The summed E-state index contributed by atoms with van der Waals surface area (Å²) in [4.78, 5) is 12.0. The van der Waals surface area contributed by atoms with E-state index in [4.69, 9.17) is 10.5 Å². The molecule has 0 radical (unpaired) electrons. The highest BCUT2D eigenvalue weighted by Gasteiger charge is 2.29. The maximum Gasteiger partial charge on any atom is 0.260 e. The number of carbonyl (C=O) groups excluding carboxylic acids is 1. The van der Waals surface area contributed by atoms with E-state index in [1.165, 1.54) is 18.4 Å². The van der Waals surface area contributed by atoms with Gasteiger partial charge in [0.25, 0.3) is 5.91 Å². The van der Waals surface area contributed by atoms with Crippen LogP contribution in [0, 0.1) is 5.92 Å². The first-order valence-electron chi connectivity index (χ1n) is 7.77. The third kappa shape index (κ3) is 4.74. The first-order valence-corrected chi connectivity index (χ1v) is 7.77. The largest absolute Gasteiger partial charge is 0.481 e. The van der Waals surface area contributed by atoms with Crippen LogP contribution in [0.15, 0.2) is 24.3 Å². The number of ether oxygens (including phenoxy) is 1. The van der Waals surface area contributed by atoms with Crippen LogP contribution in [0.1, 0.15) is 45.1 Å². The number of nitrogens with two attached hydrogens (primary N) is 1. The molecule has 0 aliphatic heterocycles. The van der Waals surface area contributed by atoms with Crippen molar-refractivity contribution in [3.05, 3.63) is 29.8 Å². The Kier molecular flexibility index (Phi) is 5.23. The lowest BCUT2D eigenvalue weighted by atomic mass is 10.0. The molecule has 0 heterocycles. The molecule has 1 saturated carbocycles. The summed E-state index contributed by atoms with van der Waals surface area (Å²) in [5.74, 6) is 1.65. The van der Waals surface area contributed by atoms with Gasteiger partial charge in [-0.1, -0.05) is 26.0 Å². The van der Waals surface area contributed by atoms with Crippen molar-refractivity contribution < 1.29 is 9.53 Å². The lowest BCUT2D eigenvalue weighted by Crippen LogP contribution is -2.43. The van der Waals surface area contributed by atoms with Crippen LogP contribution >= 0.6 is 0 Å². The van der Waals surface area contributed by atoms with Crippen molar-refractivity contribution >= 4 is 5.91 Å². The van der Waals surface area contributed by atoms with E-state index in [9.17, 15) is 4.79 Å². The molecule has 116 valence electrons. The summed E-state index contributed by atoms with van der Waals surface area (Å²) >= 11 is 0. The average Bonchev–Trinajstić information content (AvgIpc) is 3.29. The minimum Gasteiger partial charge on any atom is -0.481 e. The fraction of sp³-hybridized carbons (Fsp3) is 0.588. The first-order chi connectivity index (χ1) is 9.97. The molecule has 4 nitrogen and oxygen atoms in total. The molecule has 1 fully saturated rings. The average molecular weight is 290 g/mol. The zero-order valence-electron chi connectivity index (χ0n) is 13.1. The van der Waals surface area contributed by atoms with Crippen LogP contribution in [0.4, 0.5) is 0 Å². The second kappa shape index (κ2) is 6.94. The summed E-state index contributed by atoms with van der Waals surface area (Å²) in [6.45, 7) is 6.56. The van der Waals surface area contributed by atoms with Crippen LogP contribution in [-0.4, -0.2) is 24.6 Å². The van der Waals surface area contributed by atoms with Crippen LogP contribution in [0.5, 0.6) is 5.75 Å². The molecule has 1 amide bonds. The highest BCUT2D eigenvalue weighted by atomic mass is 16.5. The number of hydrogen-bond donors (Lipinski definition) is 2. The number of benzene rings is 1. The Balaban J connectivity index is 1.83. The third-order valence-electron chi connectivity index (χ3n) is 3.95. The predicted octanol–water partition coefficient (Wildman–Crippen LogP) is 2.43. The van der Waals surface area contributed by atoms with E-state index in [1.54, 1.807) is 6.92 Å². The van der Waals surface area contributed by atoms with Crippen molar-refractivity contribution in [1.82, 2.24) is 5.32 Å². The standard InChI is InChI=1S/C17H26N2O2/c1-11(2)14-5-4-6-15(9-14)21-12(3)17(20)19-10-16(18)13-7-8-13/h4-6,9,11-13,16H,7-8,10,18H2,1-3H3,(H,19,20). The van der Waals surface area contributed by atoms with Gasteiger partial charge in [0.15, 0.2) is 6.10 Å². The first kappa shape index (κ1) is 15.8. The minimum absolute atomic E-state index is 0.0745. The smallest absolute Gasteiger partial charge is 0.260 e. The van der Waals surface area contributed by atoms with Gasteiger partial charge >= 0.3 is 0 Å². The predicted molar refractivity (Wildman–Crippen MR) is 84.3 cm³/mol. The summed E-state index contributed by atoms with van der Waals surface area (Å²) in [6, 6.07) is 7.97. The van der Waals surface area contributed by atoms with Gasteiger partial charge in [-0.2, -0.15) is 0 Å². The van der Waals surface area contributed by atoms with Gasteiger partial charge in [0.05, 0.1) is 0 Å². The molecular formula is C17H26N2O2. The Morgan fingerprint density at radius 2 is 2.10 bits per heavy atom. The molecule has 21 heavy (non-hydrogen) atoms. The highest BCUT2D eigenvalue weighted by molar-refractivity contribution is 5.80. The Hall–Kier alpha value is -1.55. The summed E-state index contributed by atoms with van der Waals surface area (Å²) in [6.07, 6.45) is 1.86. The van der Waals surface area contributed by atoms with E-state index >= 15 is 0 Å². The summed E-state index contributed by atoms with van der Waals surface area (Å²) in [7, 11) is 0. The molecule has 0 aromatic heterocycles. The van der Waals surface area contributed by atoms with Crippen LogP contribution in [0.2, 0.25) is 0 Å². The normalized spacial score (nSPS) is 17.4. The number of nitrogens with one attached hydrogen (secondary N) is 1. The number of hydrogen-bond acceptors (Lipinski definition) is 3. The summed E-state index contributed by atoms with van der Waals surface area (Å²) < 4.78 is 5.72. The molecule has 2 rings (SSSR count). The van der Waals surface area contributed by atoms with E-state index in [1.807, 2.05) is 18.2 Å². The van der Waals surface area contributed by atoms with E-state index in [0.29, 0.717) is 18.4 Å². The molecule has 3 N–H and O–H groups in total. The molecule has 0 spiro atoms. The second-order valence-corrected chi connectivity index (χ2v) is 6.23. The maximum atomic E-state index is 12.0. The van der Waals surface area contributed by atoms with Gasteiger partial charge in [0, 0.05) is 12.6 Å². The Morgan fingerprint density at radius 1 is 1.38 bits per heavy atom. The molecule has 1 aliphatic carbocycles. The van der Waals surface area contributed by atoms with Crippen LogP contribution in [0.25, 0.3) is 0 Å². The van der Waals surface area contributed by atoms with Crippen molar-refractivity contribution in [1.29, 1.82) is 0 Å². The van der Waals surface area contributed by atoms with Crippen molar-refractivity contribution in [2.24, 2.45) is 11.7 Å². The lowest BCUT2D eigenvalue weighted by molar-refractivity contribution is -0.127. The fourth-order valence-corrected chi connectivity index (χ4v) is 2.26. The Labute approximate surface area is 127 Å². The quantitative estimate of drug-likeness (QED) is 0.810. The third-order valence-corrected chi connectivity index (χ3v) is 3.95. The Bertz CT molecular complexity index is 483. The monoisotopic (exact) mass is 290 g/mol. The molecule has 1 aromatic carbocycles. The summed E-state index contributed by atoms with van der Waals surface area (Å²) in [5, 5.41) is 2.87. The minimum atomic E-state index is -0.515. The van der Waals surface area contributed by atoms with Crippen LogP contribution in [0.3, 0.4) is 0 Å². The van der Waals surface area contributed by atoms with Gasteiger partial charge in [-0.25, -0.2) is 0 Å². The fourth-order valence-electron chi connectivity index (χ4n) is 2.26. The zero-order chi connectivity index (χ0) is 15.4. The Morgan fingerprint density at radius 3 is 2.71 bits per heavy atom. The molecule has 1 aliphatic rings. The topological polar surface area (TPSA) is 64.3 Å². The van der Waals surface area contributed by atoms with E-state index in [2.05, 4.69) is 25.2 Å². The van der Waals surface area contributed by atoms with Crippen molar-refractivity contribution in [2.45, 2.75) is 51.7 Å². The van der Waals surface area contributed by atoms with Crippen LogP contribution in [-0.2, 0) is 4.79 Å². The van der Waals surface area contributed by atoms with Crippen molar-refractivity contribution in [3.8, 4) is 5.75 Å². The van der Waals surface area contributed by atoms with E-state index in [-0.39, 0.29) is 11.9 Å². The lowest BCUT2D eigenvalue weighted by Gasteiger charge is -2.17. The van der Waals surface area contributed by atoms with Gasteiger partial charge in [0.2, 0.25) is 0 Å². The molecule has 2 atom stereocenters. The van der Waals surface area contributed by atoms with E-state index < -0.39 is 6.10 Å². The van der Waals surface area contributed by atoms with Gasteiger partial charge in [-0.3, -0.25) is 4.79 Å². The molecule has 0 saturated heterocycles. The van der Waals surface area contributed by atoms with Gasteiger partial charge in [0.1, 0.15) is 5.75 Å². The molecule has 1 aromatic rings. The van der Waals surface area contributed by atoms with Gasteiger partial charge < -0.3 is 15.8 Å². The van der Waals surface area contributed by atoms with E-state index in [0.717, 1.165) is 5.75 Å². The van der Waals surface area contributed by atoms with Crippen molar-refractivity contribution in [3.63, 3.8) is 0 Å². The van der Waals surface area contributed by atoms with Crippen LogP contribution < -0.4 is 15.8 Å². The zero-order valence-corrected chi connectivity index (χ0v) is 13.1. The second-order valence-electron chi connectivity index (χ2n) is 6.23. The van der Waals surface area contributed by atoms with Gasteiger partial charge in [-0.05, 0) is 49.3 Å². The van der Waals surface area contributed by atoms with Crippen molar-refractivity contribution in [2.75, 3.05) is 6.54 Å². The molecule has 4 heteroatoms.